The second-order valence-corrected chi connectivity index (χ2v) is 10.4. The number of carbonyl (C=O) groups is 1. The monoisotopic (exact) mass is 432 g/mol. The first-order valence-corrected chi connectivity index (χ1v) is 13.1. The molecule has 32 heavy (non-hydrogen) atoms. The van der Waals surface area contributed by atoms with Crippen molar-refractivity contribution in [2.45, 2.75) is 89.9 Å². The number of carboxylic acids is 1. The molecule has 2 aromatic rings. The first-order valence-electron chi connectivity index (χ1n) is 13.1. The summed E-state index contributed by atoms with van der Waals surface area (Å²) in [6, 6.07) is 16.2. The maximum Gasteiger partial charge on any atom is 0.335 e. The molecule has 2 fully saturated rings. The minimum absolute atomic E-state index is 0.340. The third kappa shape index (κ3) is 5.82. The van der Waals surface area contributed by atoms with E-state index >= 15 is 0 Å². The number of hydrogen-bond donors (Lipinski definition) is 1. The SMILES string of the molecule is CCCCCC1CCC(C2CCC(c3ccc(-c4ccc(C(=O)O)cc4)cc3)CC2)CC1. The highest BCUT2D eigenvalue weighted by molar-refractivity contribution is 5.88. The fourth-order valence-electron chi connectivity index (χ4n) is 6.31. The van der Waals surface area contributed by atoms with Crippen molar-refractivity contribution in [1.82, 2.24) is 0 Å². The minimum Gasteiger partial charge on any atom is -0.478 e. The Hall–Kier alpha value is -2.09. The van der Waals surface area contributed by atoms with Crippen molar-refractivity contribution < 1.29 is 9.90 Å². The molecule has 0 radical (unpaired) electrons. The molecular weight excluding hydrogens is 392 g/mol. The van der Waals surface area contributed by atoms with E-state index in [4.69, 9.17) is 5.11 Å². The average Bonchev–Trinajstić information content (AvgIpc) is 2.85. The molecule has 172 valence electrons. The molecule has 2 aliphatic rings. The van der Waals surface area contributed by atoms with E-state index in [-0.39, 0.29) is 0 Å². The van der Waals surface area contributed by atoms with E-state index in [0.717, 1.165) is 28.9 Å². The second kappa shape index (κ2) is 11.2. The Labute approximate surface area is 194 Å². The quantitative estimate of drug-likeness (QED) is 0.423. The zero-order chi connectivity index (χ0) is 22.3. The zero-order valence-corrected chi connectivity index (χ0v) is 19.8. The van der Waals surface area contributed by atoms with Gasteiger partial charge in [-0.25, -0.2) is 4.79 Å². The van der Waals surface area contributed by atoms with Crippen LogP contribution in [0.1, 0.15) is 106 Å². The Bertz CT molecular complexity index is 835. The van der Waals surface area contributed by atoms with Crippen LogP contribution in [0.25, 0.3) is 11.1 Å². The topological polar surface area (TPSA) is 37.3 Å². The standard InChI is InChI=1S/C30H40O2/c1-2-3-4-5-22-6-8-23(9-7-22)24-10-12-25(13-11-24)26-14-16-27(17-15-26)28-18-20-29(21-19-28)30(31)32/h14-25H,2-13H2,1H3,(H,31,32). The van der Waals surface area contributed by atoms with Crippen molar-refractivity contribution in [2.24, 2.45) is 17.8 Å². The van der Waals surface area contributed by atoms with Gasteiger partial charge in [-0.15, -0.1) is 0 Å². The van der Waals surface area contributed by atoms with Crippen molar-refractivity contribution in [1.29, 1.82) is 0 Å². The lowest BCUT2D eigenvalue weighted by Gasteiger charge is -2.38. The summed E-state index contributed by atoms with van der Waals surface area (Å²) in [6.45, 7) is 2.31. The maximum atomic E-state index is 11.1. The predicted octanol–water partition coefficient (Wildman–Crippen LogP) is 8.71. The van der Waals surface area contributed by atoms with Gasteiger partial charge < -0.3 is 5.11 Å². The van der Waals surface area contributed by atoms with Crippen molar-refractivity contribution in [2.75, 3.05) is 0 Å². The first-order chi connectivity index (χ1) is 15.6. The molecule has 0 saturated heterocycles. The van der Waals surface area contributed by atoms with E-state index in [1.807, 2.05) is 12.1 Å². The normalized spacial score (nSPS) is 26.0. The van der Waals surface area contributed by atoms with Gasteiger partial charge in [0.05, 0.1) is 5.56 Å². The summed E-state index contributed by atoms with van der Waals surface area (Å²) in [5.41, 5.74) is 4.06. The van der Waals surface area contributed by atoms with Crippen molar-refractivity contribution >= 4 is 5.97 Å². The van der Waals surface area contributed by atoms with Gasteiger partial charge in [-0.2, -0.15) is 0 Å². The maximum absolute atomic E-state index is 11.1. The molecule has 4 rings (SSSR count). The summed E-state index contributed by atoms with van der Waals surface area (Å²) in [7, 11) is 0. The van der Waals surface area contributed by atoms with Gasteiger partial charge in [0.1, 0.15) is 0 Å². The zero-order valence-electron chi connectivity index (χ0n) is 19.8. The van der Waals surface area contributed by atoms with Crippen LogP contribution in [0.2, 0.25) is 0 Å². The van der Waals surface area contributed by atoms with E-state index < -0.39 is 5.97 Å². The minimum atomic E-state index is -0.873. The molecule has 0 heterocycles. The molecule has 0 bridgehead atoms. The fourth-order valence-corrected chi connectivity index (χ4v) is 6.31. The summed E-state index contributed by atoms with van der Waals surface area (Å²) in [4.78, 5) is 11.1. The number of aromatic carboxylic acids is 1. The first kappa shape index (κ1) is 23.1. The van der Waals surface area contributed by atoms with Gasteiger partial charge in [0, 0.05) is 0 Å². The number of rotatable bonds is 8. The van der Waals surface area contributed by atoms with E-state index in [0.29, 0.717) is 11.5 Å². The summed E-state index contributed by atoms with van der Waals surface area (Å²) in [5, 5.41) is 9.08. The molecule has 2 saturated carbocycles. The Balaban J connectivity index is 1.25. The van der Waals surface area contributed by atoms with Crippen LogP contribution in [0.5, 0.6) is 0 Å². The van der Waals surface area contributed by atoms with Gasteiger partial charge in [0.2, 0.25) is 0 Å². The van der Waals surface area contributed by atoms with E-state index in [9.17, 15) is 4.79 Å². The lowest BCUT2D eigenvalue weighted by molar-refractivity contribution is 0.0697. The van der Waals surface area contributed by atoms with Gasteiger partial charge in [-0.1, -0.05) is 81.8 Å². The molecule has 0 aromatic heterocycles. The van der Waals surface area contributed by atoms with Crippen LogP contribution in [0.4, 0.5) is 0 Å². The van der Waals surface area contributed by atoms with Crippen LogP contribution in [0.3, 0.4) is 0 Å². The number of hydrogen-bond acceptors (Lipinski definition) is 1. The van der Waals surface area contributed by atoms with Crippen LogP contribution < -0.4 is 0 Å². The van der Waals surface area contributed by atoms with Gasteiger partial charge in [-0.05, 0) is 91.0 Å². The molecule has 0 unspecified atom stereocenters. The lowest BCUT2D eigenvalue weighted by Crippen LogP contribution is -2.25. The molecule has 2 aliphatic carbocycles. The molecular formula is C30H40O2. The van der Waals surface area contributed by atoms with Crippen molar-refractivity contribution in [3.8, 4) is 11.1 Å². The molecule has 2 nitrogen and oxygen atoms in total. The van der Waals surface area contributed by atoms with Crippen LogP contribution in [0, 0.1) is 17.8 Å². The number of unbranched alkanes of at least 4 members (excludes halogenated alkanes) is 2. The van der Waals surface area contributed by atoms with Gasteiger partial charge in [0.15, 0.2) is 0 Å². The Morgan fingerprint density at radius 2 is 1.28 bits per heavy atom. The highest BCUT2D eigenvalue weighted by Gasteiger charge is 2.31. The molecule has 0 aliphatic heterocycles. The van der Waals surface area contributed by atoms with Gasteiger partial charge in [0.25, 0.3) is 0 Å². The Morgan fingerprint density at radius 3 is 1.81 bits per heavy atom. The fraction of sp³-hybridized carbons (Fsp3) is 0.567. The second-order valence-electron chi connectivity index (χ2n) is 10.4. The molecule has 0 spiro atoms. The molecule has 1 N–H and O–H groups in total. The van der Waals surface area contributed by atoms with Crippen LogP contribution in [-0.2, 0) is 0 Å². The van der Waals surface area contributed by atoms with Crippen molar-refractivity contribution in [3.63, 3.8) is 0 Å². The van der Waals surface area contributed by atoms with E-state index in [1.165, 1.54) is 82.6 Å². The number of carboxylic acid groups (broad SMARTS) is 1. The van der Waals surface area contributed by atoms with E-state index in [2.05, 4.69) is 31.2 Å². The summed E-state index contributed by atoms with van der Waals surface area (Å²) in [5.74, 6) is 2.82. The highest BCUT2D eigenvalue weighted by atomic mass is 16.4. The summed E-state index contributed by atoms with van der Waals surface area (Å²) >= 11 is 0. The molecule has 2 aromatic carbocycles. The molecule has 0 atom stereocenters. The largest absolute Gasteiger partial charge is 0.478 e. The highest BCUT2D eigenvalue weighted by Crippen LogP contribution is 2.44. The number of benzene rings is 2. The summed E-state index contributed by atoms with van der Waals surface area (Å²) < 4.78 is 0. The lowest BCUT2D eigenvalue weighted by atomic mass is 9.68. The van der Waals surface area contributed by atoms with Gasteiger partial charge in [-0.3, -0.25) is 0 Å². The van der Waals surface area contributed by atoms with Crippen molar-refractivity contribution in [3.05, 3.63) is 59.7 Å². The van der Waals surface area contributed by atoms with Gasteiger partial charge >= 0.3 is 5.97 Å². The van der Waals surface area contributed by atoms with Crippen LogP contribution >= 0.6 is 0 Å². The average molecular weight is 433 g/mol. The molecule has 0 amide bonds. The molecule has 2 heteroatoms. The van der Waals surface area contributed by atoms with Crippen LogP contribution in [-0.4, -0.2) is 11.1 Å². The van der Waals surface area contributed by atoms with E-state index in [1.54, 1.807) is 12.1 Å². The third-order valence-electron chi connectivity index (χ3n) is 8.39. The summed E-state index contributed by atoms with van der Waals surface area (Å²) in [6.07, 6.45) is 17.2. The third-order valence-corrected chi connectivity index (χ3v) is 8.39. The predicted molar refractivity (Wildman–Crippen MR) is 133 cm³/mol. The Kier molecular flexibility index (Phi) is 8.05. The smallest absolute Gasteiger partial charge is 0.335 e. The Morgan fingerprint density at radius 1 is 0.750 bits per heavy atom. The van der Waals surface area contributed by atoms with Crippen LogP contribution in [0.15, 0.2) is 48.5 Å².